The first kappa shape index (κ1) is 23.8. The molecule has 0 bridgehead atoms. The number of hydrogen-bond donors (Lipinski definition) is 0. The Hall–Kier alpha value is -3.70. The van der Waals surface area contributed by atoms with Crippen molar-refractivity contribution in [3.8, 4) is 22.5 Å². The average molecular weight is 751 g/mol. The Kier molecular flexibility index (Phi) is 6.96. The molecule has 0 saturated carbocycles. The number of hydrogen-bond acceptors (Lipinski definition) is 5. The van der Waals surface area contributed by atoms with Crippen molar-refractivity contribution in [3.05, 3.63) is 113 Å². The summed E-state index contributed by atoms with van der Waals surface area (Å²) in [6.45, 7) is 5.34. The predicted octanol–water partition coefficient (Wildman–Crippen LogP) is 9.81. The maximum absolute atomic E-state index is 8.88. The summed E-state index contributed by atoms with van der Waals surface area (Å²) in [5.74, 6) is 0. The van der Waals surface area contributed by atoms with Crippen LogP contribution >= 0.6 is 11.3 Å². The summed E-state index contributed by atoms with van der Waals surface area (Å²) in [5, 5.41) is 2.34. The zero-order chi connectivity index (χ0) is 32.9. The van der Waals surface area contributed by atoms with Crippen molar-refractivity contribution in [3.63, 3.8) is 0 Å². The molecule has 42 heavy (non-hydrogen) atoms. The van der Waals surface area contributed by atoms with Crippen LogP contribution < -0.4 is 0 Å². The molecule has 213 valence electrons. The maximum atomic E-state index is 8.88. The molecule has 0 aliphatic heterocycles. The van der Waals surface area contributed by atoms with Crippen molar-refractivity contribution < 1.29 is 31.4 Å². The molecule has 2 aromatic carbocycles. The molecule has 0 atom stereocenters. The van der Waals surface area contributed by atoms with Crippen LogP contribution in [0.1, 0.15) is 43.8 Å². The van der Waals surface area contributed by atoms with Crippen molar-refractivity contribution in [1.82, 2.24) is 15.0 Å². The smallest absolute Gasteiger partial charge is 0.216 e. The number of pyridine rings is 3. The van der Waals surface area contributed by atoms with Gasteiger partial charge in [-0.15, -0.1) is 65.4 Å². The summed E-state index contributed by atoms with van der Waals surface area (Å²) in [7, 11) is 0. The minimum Gasteiger partial charge on any atom is -0.486 e. The van der Waals surface area contributed by atoms with Gasteiger partial charge in [0.2, 0.25) is 5.71 Å². The van der Waals surface area contributed by atoms with E-state index < -0.39 is 18.6 Å². The van der Waals surface area contributed by atoms with Gasteiger partial charge in [-0.1, -0.05) is 49.9 Å². The van der Waals surface area contributed by atoms with Crippen LogP contribution in [0, 0.1) is 31.3 Å². The third-order valence-electron chi connectivity index (χ3n) is 6.46. The first-order chi connectivity index (χ1) is 21.8. The summed E-state index contributed by atoms with van der Waals surface area (Å²) in [5.41, 5.74) is 4.09. The van der Waals surface area contributed by atoms with E-state index in [1.54, 1.807) is 24.5 Å². The first-order valence-corrected chi connectivity index (χ1v) is 14.1. The van der Waals surface area contributed by atoms with Crippen LogP contribution in [0.15, 0.2) is 89.6 Å². The molecule has 0 fully saturated rings. The second-order valence-electron chi connectivity index (χ2n) is 10.7. The zero-order valence-electron chi connectivity index (χ0n) is 28.6. The van der Waals surface area contributed by atoms with Crippen LogP contribution in [0.2, 0.25) is 0 Å². The van der Waals surface area contributed by atoms with Gasteiger partial charge in [-0.3, -0.25) is 0 Å². The van der Waals surface area contributed by atoms with Gasteiger partial charge in [0, 0.05) is 55.3 Å². The molecular weight excluding hydrogens is 715 g/mol. The van der Waals surface area contributed by atoms with Crippen molar-refractivity contribution in [2.24, 2.45) is 5.41 Å². The van der Waals surface area contributed by atoms with Crippen LogP contribution in [0.5, 0.6) is 0 Å². The van der Waals surface area contributed by atoms with Gasteiger partial charge in [-0.05, 0) is 66.1 Å². The minimum atomic E-state index is -2.33. The Labute approximate surface area is 271 Å². The molecule has 5 aromatic heterocycles. The average Bonchev–Trinajstić information content (AvgIpc) is 3.57. The number of benzene rings is 2. The van der Waals surface area contributed by atoms with Gasteiger partial charge in [-0.25, -0.2) is 4.98 Å². The molecule has 4 nitrogen and oxygen atoms in total. The zero-order valence-corrected chi connectivity index (χ0v) is 26.8. The van der Waals surface area contributed by atoms with E-state index in [9.17, 15) is 0 Å². The maximum Gasteiger partial charge on any atom is 0.216 e. The number of nitrogens with zero attached hydrogens (tertiary/aromatic N) is 3. The largest absolute Gasteiger partial charge is 0.486 e. The van der Waals surface area contributed by atoms with E-state index >= 15 is 0 Å². The van der Waals surface area contributed by atoms with Gasteiger partial charge in [-0.2, -0.15) is 0 Å². The van der Waals surface area contributed by atoms with Gasteiger partial charge in [0.1, 0.15) is 0 Å². The van der Waals surface area contributed by atoms with E-state index in [-0.39, 0.29) is 31.5 Å². The molecule has 0 spiro atoms. The molecule has 7 rings (SSSR count). The number of thiophene rings is 1. The molecule has 1 radical (unpaired) electrons. The van der Waals surface area contributed by atoms with Gasteiger partial charge >= 0.3 is 0 Å². The van der Waals surface area contributed by atoms with Crippen LogP contribution in [0.4, 0.5) is 0 Å². The molecule has 5 heterocycles. The van der Waals surface area contributed by atoms with E-state index in [4.69, 9.17) is 11.3 Å². The Morgan fingerprint density at radius 1 is 0.929 bits per heavy atom. The minimum absolute atomic E-state index is 0. The van der Waals surface area contributed by atoms with Gasteiger partial charge in [0.05, 0.1) is 10.3 Å². The second kappa shape index (κ2) is 12.3. The fraction of sp³-hybridized carbons (Fsp3) is 0.194. The molecule has 0 saturated heterocycles. The van der Waals surface area contributed by atoms with Crippen LogP contribution in [0.25, 0.3) is 54.7 Å². The van der Waals surface area contributed by atoms with Crippen molar-refractivity contribution in [1.29, 1.82) is 0 Å². The first-order valence-electron chi connectivity index (χ1n) is 15.8. The SMILES string of the molecule is [2H]C([2H])([2H])c1ccc2c(n1)oc1c(-c3cc4c(C([2H])([2H])C(C)(C)C)c(C)sc4cn3)[c-]ccc12.[Ir].[c-]1ccccc1-c1ccccn1. The van der Waals surface area contributed by atoms with Crippen LogP contribution in [-0.4, -0.2) is 15.0 Å². The quantitative estimate of drug-likeness (QED) is 0.169. The third-order valence-corrected chi connectivity index (χ3v) is 7.51. The summed E-state index contributed by atoms with van der Waals surface area (Å²) >= 11 is 1.54. The molecule has 6 heteroatoms. The van der Waals surface area contributed by atoms with Gasteiger partial charge in [0.15, 0.2) is 0 Å². The summed E-state index contributed by atoms with van der Waals surface area (Å²) in [4.78, 5) is 14.0. The molecule has 0 aliphatic carbocycles. The van der Waals surface area contributed by atoms with E-state index in [2.05, 4.69) is 27.1 Å². The number of fused-ring (bicyclic) bond motifs is 4. The summed E-state index contributed by atoms with van der Waals surface area (Å²) in [6, 6.07) is 28.8. The van der Waals surface area contributed by atoms with E-state index in [1.807, 2.05) is 82.3 Å². The Balaban J connectivity index is 0.000000280. The standard InChI is InChI=1S/C25H23N2OS.C11H8N.Ir/c1-14-9-10-17-16-7-6-8-18(23(16)28-24(17)27-14)21-11-19-20(12-25(3,4)5)15(2)29-22(19)13-26-21;1-2-6-10(7-3-1)11-8-4-5-9-12-11;/h6-7,9-11,13H,12H2,1-5H3;1-6,8-9H;/q2*-1;/i1D3,12D2;;. The Morgan fingerprint density at radius 3 is 2.52 bits per heavy atom. The van der Waals surface area contributed by atoms with Gasteiger partial charge in [0.25, 0.3) is 0 Å². The van der Waals surface area contributed by atoms with Crippen LogP contribution in [0.3, 0.4) is 0 Å². The number of aromatic nitrogens is 3. The Morgan fingerprint density at radius 2 is 1.79 bits per heavy atom. The predicted molar refractivity (Wildman–Crippen MR) is 170 cm³/mol. The molecule has 0 aliphatic rings. The third kappa shape index (κ3) is 6.22. The fourth-order valence-corrected chi connectivity index (χ4v) is 5.65. The van der Waals surface area contributed by atoms with Crippen molar-refractivity contribution >= 4 is 43.5 Å². The van der Waals surface area contributed by atoms with Crippen molar-refractivity contribution in [2.75, 3.05) is 0 Å². The number of aryl methyl sites for hydroxylation is 2. The number of rotatable bonds is 3. The second-order valence-corrected chi connectivity index (χ2v) is 12.0. The molecule has 0 amide bonds. The topological polar surface area (TPSA) is 51.8 Å². The molecule has 0 unspecified atom stereocenters. The Bertz CT molecular complexity index is 2140. The monoisotopic (exact) mass is 751 g/mol. The molecule has 7 aromatic rings. The summed E-state index contributed by atoms with van der Waals surface area (Å²) < 4.78 is 47.6. The normalized spacial score (nSPS) is 13.8. The van der Waals surface area contributed by atoms with E-state index in [0.29, 0.717) is 22.4 Å². The van der Waals surface area contributed by atoms with Crippen LogP contribution in [-0.2, 0) is 26.5 Å². The van der Waals surface area contributed by atoms with E-state index in [1.165, 1.54) is 17.4 Å². The molecule has 0 N–H and O–H groups in total. The number of furan rings is 1. The molecular formula is C36H31IrN3OS-2. The van der Waals surface area contributed by atoms with E-state index in [0.717, 1.165) is 37.0 Å². The van der Waals surface area contributed by atoms with Crippen molar-refractivity contribution in [2.45, 2.75) is 40.9 Å². The van der Waals surface area contributed by atoms with Gasteiger partial charge < -0.3 is 14.4 Å². The fourth-order valence-electron chi connectivity index (χ4n) is 4.68. The summed E-state index contributed by atoms with van der Waals surface area (Å²) in [6.07, 6.45) is 2.01.